The smallest absolute Gasteiger partial charge is 0.262 e. The molecule has 2 aromatic carbocycles. The molecular weight excluding hydrogens is 350 g/mol. The SMILES string of the molecule is Cc1ccc(S(=O)(=O)N/C(=C\N(C)C)C(=O)c2ccc(C#N)cc2)cc1. The second-order valence-corrected chi connectivity index (χ2v) is 7.63. The molecule has 0 amide bonds. The molecular formula is C19H19N3O3S. The van der Waals surface area contributed by atoms with Crippen molar-refractivity contribution in [2.45, 2.75) is 11.8 Å². The van der Waals surface area contributed by atoms with Gasteiger partial charge < -0.3 is 4.90 Å². The summed E-state index contributed by atoms with van der Waals surface area (Å²) in [5.41, 5.74) is 1.55. The summed E-state index contributed by atoms with van der Waals surface area (Å²) in [5, 5.41) is 8.85. The molecule has 1 N–H and O–H groups in total. The maximum Gasteiger partial charge on any atom is 0.262 e. The number of carbonyl (C=O) groups is 1. The van der Waals surface area contributed by atoms with Crippen molar-refractivity contribution in [3.63, 3.8) is 0 Å². The van der Waals surface area contributed by atoms with Crippen molar-refractivity contribution in [1.82, 2.24) is 9.62 Å². The quantitative estimate of drug-likeness (QED) is 0.624. The van der Waals surface area contributed by atoms with Gasteiger partial charge in [0.15, 0.2) is 0 Å². The second-order valence-electron chi connectivity index (χ2n) is 5.94. The van der Waals surface area contributed by atoms with Crippen molar-refractivity contribution in [3.05, 3.63) is 77.1 Å². The number of hydrogen-bond donors (Lipinski definition) is 1. The zero-order valence-electron chi connectivity index (χ0n) is 14.7. The second kappa shape index (κ2) is 7.85. The molecule has 0 aliphatic rings. The van der Waals surface area contributed by atoms with E-state index in [0.29, 0.717) is 5.56 Å². The molecule has 0 saturated carbocycles. The number of nitrogens with zero attached hydrogens (tertiary/aromatic N) is 2. The highest BCUT2D eigenvalue weighted by Gasteiger charge is 2.21. The summed E-state index contributed by atoms with van der Waals surface area (Å²) in [5.74, 6) is -0.487. The minimum atomic E-state index is -3.91. The lowest BCUT2D eigenvalue weighted by Gasteiger charge is -2.14. The molecule has 26 heavy (non-hydrogen) atoms. The number of sulfonamides is 1. The van der Waals surface area contributed by atoms with Crippen molar-refractivity contribution in [2.75, 3.05) is 14.1 Å². The summed E-state index contributed by atoms with van der Waals surface area (Å²) in [6.45, 7) is 1.86. The van der Waals surface area contributed by atoms with E-state index < -0.39 is 15.8 Å². The van der Waals surface area contributed by atoms with Crippen LogP contribution in [0, 0.1) is 18.3 Å². The Morgan fingerprint density at radius 2 is 1.65 bits per heavy atom. The lowest BCUT2D eigenvalue weighted by atomic mass is 10.1. The number of Topliss-reactive ketones (excluding diaryl/α,β-unsaturated/α-hetero) is 1. The van der Waals surface area contributed by atoms with Gasteiger partial charge in [0, 0.05) is 25.9 Å². The highest BCUT2D eigenvalue weighted by atomic mass is 32.2. The van der Waals surface area contributed by atoms with Gasteiger partial charge in [-0.2, -0.15) is 5.26 Å². The fourth-order valence-corrected chi connectivity index (χ4v) is 3.21. The summed E-state index contributed by atoms with van der Waals surface area (Å²) in [6.07, 6.45) is 1.41. The number of nitrogens with one attached hydrogen (secondary N) is 1. The fraction of sp³-hybridized carbons (Fsp3) is 0.158. The third kappa shape index (κ3) is 4.71. The molecule has 2 aromatic rings. The standard InChI is InChI=1S/C19H19N3O3S/c1-14-4-10-17(11-5-14)26(24,25)21-18(13-22(2)3)19(23)16-8-6-15(12-20)7-9-16/h4-11,13,21H,1-3H3/b18-13-. The minimum absolute atomic E-state index is 0.0698. The Hall–Kier alpha value is -3.11. The number of nitriles is 1. The monoisotopic (exact) mass is 369 g/mol. The Bertz CT molecular complexity index is 968. The van der Waals surface area contributed by atoms with E-state index in [1.165, 1.54) is 42.6 Å². The maximum absolute atomic E-state index is 12.7. The van der Waals surface area contributed by atoms with Crippen LogP contribution in [0.15, 0.2) is 65.3 Å². The van der Waals surface area contributed by atoms with E-state index in [4.69, 9.17) is 5.26 Å². The first-order chi connectivity index (χ1) is 12.2. The van der Waals surface area contributed by atoms with Gasteiger partial charge in [-0.25, -0.2) is 8.42 Å². The summed E-state index contributed by atoms with van der Waals surface area (Å²) < 4.78 is 27.6. The number of benzene rings is 2. The van der Waals surface area contributed by atoms with Crippen LogP contribution in [-0.2, 0) is 10.0 Å². The van der Waals surface area contributed by atoms with Crippen LogP contribution in [0.25, 0.3) is 0 Å². The number of allylic oxidation sites excluding steroid dienone is 1. The van der Waals surface area contributed by atoms with Crippen LogP contribution in [0.3, 0.4) is 0 Å². The number of aryl methyl sites for hydroxylation is 1. The molecule has 0 aliphatic heterocycles. The molecule has 0 spiro atoms. The van der Waals surface area contributed by atoms with Gasteiger partial charge in [0.05, 0.1) is 16.5 Å². The van der Waals surface area contributed by atoms with Gasteiger partial charge in [0.25, 0.3) is 10.0 Å². The van der Waals surface area contributed by atoms with Crippen LogP contribution < -0.4 is 4.72 Å². The van der Waals surface area contributed by atoms with E-state index in [9.17, 15) is 13.2 Å². The molecule has 0 saturated heterocycles. The van der Waals surface area contributed by atoms with Crippen LogP contribution in [0.5, 0.6) is 0 Å². The van der Waals surface area contributed by atoms with Crippen LogP contribution in [-0.4, -0.2) is 33.2 Å². The molecule has 2 rings (SSSR count). The number of hydrogen-bond acceptors (Lipinski definition) is 5. The highest BCUT2D eigenvalue weighted by Crippen LogP contribution is 2.14. The number of ketones is 1. The third-order valence-corrected chi connectivity index (χ3v) is 4.87. The third-order valence-electron chi connectivity index (χ3n) is 3.48. The first-order valence-electron chi connectivity index (χ1n) is 7.75. The molecule has 0 unspecified atom stereocenters. The summed E-state index contributed by atoms with van der Waals surface area (Å²) in [6, 6.07) is 14.3. The summed E-state index contributed by atoms with van der Waals surface area (Å²) >= 11 is 0. The van der Waals surface area contributed by atoms with Crippen LogP contribution in [0.2, 0.25) is 0 Å². The zero-order chi connectivity index (χ0) is 19.3. The first-order valence-corrected chi connectivity index (χ1v) is 9.24. The maximum atomic E-state index is 12.7. The molecule has 0 aromatic heterocycles. The molecule has 0 heterocycles. The molecule has 0 fully saturated rings. The van der Waals surface area contributed by atoms with E-state index in [1.807, 2.05) is 13.0 Å². The Morgan fingerprint density at radius 1 is 1.08 bits per heavy atom. The van der Waals surface area contributed by atoms with Crippen molar-refractivity contribution in [1.29, 1.82) is 5.26 Å². The van der Waals surface area contributed by atoms with Gasteiger partial charge in [-0.3, -0.25) is 9.52 Å². The van der Waals surface area contributed by atoms with E-state index in [0.717, 1.165) is 5.56 Å². The molecule has 0 radical (unpaired) electrons. The Balaban J connectivity index is 2.37. The van der Waals surface area contributed by atoms with Crippen molar-refractivity contribution < 1.29 is 13.2 Å². The van der Waals surface area contributed by atoms with E-state index in [1.54, 1.807) is 31.1 Å². The van der Waals surface area contributed by atoms with Crippen molar-refractivity contribution in [3.8, 4) is 6.07 Å². The lowest BCUT2D eigenvalue weighted by molar-refractivity contribution is 0.102. The van der Waals surface area contributed by atoms with E-state index in [2.05, 4.69) is 4.72 Å². The number of carbonyl (C=O) groups excluding carboxylic acids is 1. The van der Waals surface area contributed by atoms with Gasteiger partial charge in [0.1, 0.15) is 5.70 Å². The Morgan fingerprint density at radius 3 is 2.15 bits per heavy atom. The minimum Gasteiger partial charge on any atom is -0.382 e. The lowest BCUT2D eigenvalue weighted by Crippen LogP contribution is -2.29. The average molecular weight is 369 g/mol. The average Bonchev–Trinajstić information content (AvgIpc) is 2.60. The Labute approximate surface area is 153 Å². The van der Waals surface area contributed by atoms with Crippen molar-refractivity contribution in [2.24, 2.45) is 0 Å². The molecule has 6 nitrogen and oxygen atoms in total. The van der Waals surface area contributed by atoms with Gasteiger partial charge >= 0.3 is 0 Å². The van der Waals surface area contributed by atoms with Gasteiger partial charge in [0.2, 0.25) is 5.78 Å². The fourth-order valence-electron chi connectivity index (χ4n) is 2.16. The molecule has 0 aliphatic carbocycles. The zero-order valence-corrected chi connectivity index (χ0v) is 15.5. The highest BCUT2D eigenvalue weighted by molar-refractivity contribution is 7.89. The molecule has 0 bridgehead atoms. The van der Waals surface area contributed by atoms with Crippen LogP contribution in [0.1, 0.15) is 21.5 Å². The van der Waals surface area contributed by atoms with E-state index >= 15 is 0 Å². The van der Waals surface area contributed by atoms with Gasteiger partial charge in [-0.15, -0.1) is 0 Å². The molecule has 7 heteroatoms. The molecule has 0 atom stereocenters. The van der Waals surface area contributed by atoms with E-state index in [-0.39, 0.29) is 16.2 Å². The first kappa shape index (κ1) is 19.2. The van der Waals surface area contributed by atoms with Crippen LogP contribution >= 0.6 is 0 Å². The molecule has 134 valence electrons. The van der Waals surface area contributed by atoms with Gasteiger partial charge in [-0.05, 0) is 43.3 Å². The number of rotatable bonds is 6. The summed E-state index contributed by atoms with van der Waals surface area (Å²) in [4.78, 5) is 14.4. The predicted octanol–water partition coefficient (Wildman–Crippen LogP) is 2.43. The topological polar surface area (TPSA) is 90.3 Å². The largest absolute Gasteiger partial charge is 0.382 e. The predicted molar refractivity (Wildman–Crippen MR) is 98.8 cm³/mol. The van der Waals surface area contributed by atoms with Gasteiger partial charge in [-0.1, -0.05) is 17.7 Å². The van der Waals surface area contributed by atoms with Crippen molar-refractivity contribution >= 4 is 15.8 Å². The van der Waals surface area contributed by atoms with Crippen LogP contribution in [0.4, 0.5) is 0 Å². The normalized spacial score (nSPS) is 11.5. The Kier molecular flexibility index (Phi) is 5.80. The summed E-state index contributed by atoms with van der Waals surface area (Å²) in [7, 11) is -0.532.